The fraction of sp³-hybridized carbons (Fsp3) is 0.615. The van der Waals surface area contributed by atoms with Crippen molar-refractivity contribution in [3.05, 3.63) is 47.8 Å². The van der Waals surface area contributed by atoms with E-state index >= 15 is 0 Å². The summed E-state index contributed by atoms with van der Waals surface area (Å²) in [5.74, 6) is 0. The molecular formula is C26H48N2Si4. The first kappa shape index (κ1) is 27.4. The van der Waals surface area contributed by atoms with Gasteiger partial charge < -0.3 is 0 Å². The Morgan fingerprint density at radius 1 is 0.531 bits per heavy atom. The van der Waals surface area contributed by atoms with Gasteiger partial charge >= 0.3 is 0 Å². The van der Waals surface area contributed by atoms with E-state index in [9.17, 15) is 0 Å². The van der Waals surface area contributed by atoms with Gasteiger partial charge in [-0.3, -0.25) is 9.97 Å². The van der Waals surface area contributed by atoms with E-state index in [4.69, 9.17) is 9.97 Å². The zero-order valence-corrected chi connectivity index (χ0v) is 26.9. The van der Waals surface area contributed by atoms with Crippen molar-refractivity contribution in [3.8, 4) is 11.4 Å². The third-order valence-corrected chi connectivity index (χ3v) is 26.5. The highest BCUT2D eigenvalue weighted by atomic mass is 28.4. The first-order valence-corrected chi connectivity index (χ1v) is 26.6. The predicted octanol–water partition coefficient (Wildman–Crippen LogP) is 8.40. The summed E-state index contributed by atoms with van der Waals surface area (Å²) < 4.78 is 0. The molecule has 178 valence electrons. The molecule has 0 unspecified atom stereocenters. The van der Waals surface area contributed by atoms with E-state index < -0.39 is 32.3 Å². The molecule has 0 atom stereocenters. The molecule has 0 fully saturated rings. The zero-order valence-electron chi connectivity index (χ0n) is 22.9. The summed E-state index contributed by atoms with van der Waals surface area (Å²) in [6, 6.07) is 9.09. The molecule has 0 bridgehead atoms. The summed E-state index contributed by atoms with van der Waals surface area (Å²) in [4.78, 5) is 9.47. The predicted molar refractivity (Wildman–Crippen MR) is 156 cm³/mol. The number of pyridine rings is 2. The molecule has 2 aromatic rings. The molecule has 0 saturated carbocycles. The fourth-order valence-electron chi connectivity index (χ4n) is 5.78. The van der Waals surface area contributed by atoms with Gasteiger partial charge in [0.15, 0.2) is 0 Å². The second-order valence-electron chi connectivity index (χ2n) is 14.1. The lowest BCUT2D eigenvalue weighted by Gasteiger charge is -2.38. The van der Waals surface area contributed by atoms with Crippen LogP contribution in [0.2, 0.25) is 88.9 Å². The third-order valence-electron chi connectivity index (χ3n) is 6.97. The molecule has 2 rings (SSSR count). The summed E-state index contributed by atoms with van der Waals surface area (Å²) in [7, 11) is -4.93. The Morgan fingerprint density at radius 2 is 0.812 bits per heavy atom. The number of rotatable bonds is 9. The Morgan fingerprint density at radius 3 is 1.06 bits per heavy atom. The molecule has 0 amide bonds. The van der Waals surface area contributed by atoms with Gasteiger partial charge in [0.1, 0.15) is 0 Å². The van der Waals surface area contributed by atoms with Crippen LogP contribution in [0.1, 0.15) is 11.1 Å². The van der Waals surface area contributed by atoms with Crippen LogP contribution in [0.15, 0.2) is 36.7 Å². The molecule has 2 heterocycles. The summed E-state index contributed by atoms with van der Waals surface area (Å²) >= 11 is 0. The van der Waals surface area contributed by atoms with Gasteiger partial charge in [0.05, 0.1) is 11.4 Å². The van der Waals surface area contributed by atoms with Gasteiger partial charge in [-0.05, 0) is 58.6 Å². The molecule has 0 aliphatic heterocycles. The average Bonchev–Trinajstić information content (AvgIpc) is 2.61. The number of aromatic nitrogens is 2. The maximum absolute atomic E-state index is 4.74. The molecule has 0 radical (unpaired) electrons. The SMILES string of the molecule is C[Si](C)(C)C(Cc1ccnc(-c2cc(CC([Si](C)(C)C)[Si](C)(C)C)ccn2)c1)[Si](C)(C)C. The van der Waals surface area contributed by atoms with Crippen molar-refractivity contribution in [1.29, 1.82) is 0 Å². The highest BCUT2D eigenvalue weighted by molar-refractivity contribution is 6.97. The Kier molecular flexibility index (Phi) is 8.40. The van der Waals surface area contributed by atoms with E-state index in [1.165, 1.54) is 24.0 Å². The first-order valence-electron chi connectivity index (χ1n) is 12.3. The maximum Gasteiger partial charge on any atom is 0.0888 e. The number of hydrogen-bond donors (Lipinski definition) is 0. The molecule has 0 aliphatic rings. The highest BCUT2D eigenvalue weighted by Gasteiger charge is 2.38. The van der Waals surface area contributed by atoms with Gasteiger partial charge in [-0.25, -0.2) is 0 Å². The van der Waals surface area contributed by atoms with Crippen molar-refractivity contribution in [2.75, 3.05) is 0 Å². The van der Waals surface area contributed by atoms with Gasteiger partial charge in [-0.2, -0.15) is 0 Å². The minimum absolute atomic E-state index is 0.860. The fourth-order valence-corrected chi connectivity index (χ4v) is 30.0. The molecule has 0 aliphatic carbocycles. The minimum atomic E-state index is -1.23. The molecule has 2 nitrogen and oxygen atoms in total. The van der Waals surface area contributed by atoms with E-state index in [0.29, 0.717) is 0 Å². The summed E-state index contributed by atoms with van der Waals surface area (Å²) in [5, 5.41) is 1.72. The molecule has 6 heteroatoms. The van der Waals surface area contributed by atoms with E-state index in [0.717, 1.165) is 21.7 Å². The van der Waals surface area contributed by atoms with Gasteiger partial charge in [0, 0.05) is 44.7 Å². The lowest BCUT2D eigenvalue weighted by molar-refractivity contribution is 0.977. The normalized spacial score (nSPS) is 13.8. The van der Waals surface area contributed by atoms with Crippen LogP contribution in [0.3, 0.4) is 0 Å². The second kappa shape index (κ2) is 9.80. The smallest absolute Gasteiger partial charge is 0.0888 e. The van der Waals surface area contributed by atoms with Crippen LogP contribution < -0.4 is 0 Å². The van der Waals surface area contributed by atoms with Gasteiger partial charge in [-0.1, -0.05) is 78.6 Å². The van der Waals surface area contributed by atoms with Crippen molar-refractivity contribution in [2.45, 2.75) is 102 Å². The molecule has 0 aromatic carbocycles. The Labute approximate surface area is 202 Å². The zero-order chi connectivity index (χ0) is 24.5. The Hall–Kier alpha value is -0.832. The molecule has 0 N–H and O–H groups in total. The Balaban J connectivity index is 2.35. The van der Waals surface area contributed by atoms with Crippen LogP contribution in [0.4, 0.5) is 0 Å². The first-order chi connectivity index (χ1) is 14.4. The lowest BCUT2D eigenvalue weighted by atomic mass is 10.1. The monoisotopic (exact) mass is 500 g/mol. The van der Waals surface area contributed by atoms with Crippen LogP contribution >= 0.6 is 0 Å². The standard InChI is InChI=1S/C26H48N2Si4/c1-29(2,3)25(30(4,5)6)19-21-13-15-27-23(17-21)24-18-22(14-16-28-24)20-26(31(7,8)9)32(10,11)12/h13-18,25-26H,19-20H2,1-12H3. The molecule has 32 heavy (non-hydrogen) atoms. The van der Waals surface area contributed by atoms with E-state index in [1.54, 1.807) is 0 Å². The third kappa shape index (κ3) is 7.60. The van der Waals surface area contributed by atoms with Crippen LogP contribution in [0, 0.1) is 0 Å². The van der Waals surface area contributed by atoms with Crippen LogP contribution in [-0.4, -0.2) is 42.3 Å². The van der Waals surface area contributed by atoms with Gasteiger partial charge in [0.2, 0.25) is 0 Å². The van der Waals surface area contributed by atoms with Gasteiger partial charge in [-0.15, -0.1) is 0 Å². The average molecular weight is 501 g/mol. The minimum Gasteiger partial charge on any atom is -0.255 e. The summed E-state index contributed by atoms with van der Waals surface area (Å²) in [6.07, 6.45) is 6.37. The molecule has 2 aromatic heterocycles. The van der Waals surface area contributed by atoms with Crippen molar-refractivity contribution in [3.63, 3.8) is 0 Å². The quantitative estimate of drug-likeness (QED) is 0.323. The maximum atomic E-state index is 4.74. The summed E-state index contributed by atoms with van der Waals surface area (Å²) in [5.41, 5.74) is 4.93. The lowest BCUT2D eigenvalue weighted by Crippen LogP contribution is -2.45. The number of hydrogen-bond acceptors (Lipinski definition) is 2. The van der Waals surface area contributed by atoms with Crippen molar-refractivity contribution >= 4 is 32.3 Å². The second-order valence-corrected chi connectivity index (χ2v) is 36.9. The topological polar surface area (TPSA) is 25.8 Å². The largest absolute Gasteiger partial charge is 0.255 e. The van der Waals surface area contributed by atoms with Crippen molar-refractivity contribution in [1.82, 2.24) is 9.97 Å². The van der Waals surface area contributed by atoms with E-state index in [-0.39, 0.29) is 0 Å². The molecule has 0 saturated heterocycles. The van der Waals surface area contributed by atoms with Crippen molar-refractivity contribution < 1.29 is 0 Å². The number of nitrogens with zero attached hydrogens (tertiary/aromatic N) is 2. The van der Waals surface area contributed by atoms with Crippen LogP contribution in [0.25, 0.3) is 11.4 Å². The molecular weight excluding hydrogens is 453 g/mol. The summed E-state index contributed by atoms with van der Waals surface area (Å²) in [6.45, 7) is 30.5. The van der Waals surface area contributed by atoms with E-state index in [2.05, 4.69) is 103 Å². The Bertz CT molecular complexity index is 796. The van der Waals surface area contributed by atoms with Crippen LogP contribution in [0.5, 0.6) is 0 Å². The van der Waals surface area contributed by atoms with Gasteiger partial charge in [0.25, 0.3) is 0 Å². The molecule has 0 spiro atoms. The van der Waals surface area contributed by atoms with Crippen molar-refractivity contribution in [2.24, 2.45) is 0 Å². The highest BCUT2D eigenvalue weighted by Crippen LogP contribution is 2.37. The van der Waals surface area contributed by atoms with Crippen LogP contribution in [-0.2, 0) is 12.8 Å². The van der Waals surface area contributed by atoms with E-state index in [1.807, 2.05) is 12.4 Å².